The summed E-state index contributed by atoms with van der Waals surface area (Å²) in [5, 5.41) is 0. The first kappa shape index (κ1) is 18.4. The molecule has 0 aromatic heterocycles. The molecule has 0 unspecified atom stereocenters. The van der Waals surface area contributed by atoms with Crippen LogP contribution in [0.3, 0.4) is 0 Å². The Morgan fingerprint density at radius 1 is 0.875 bits per heavy atom. The maximum Gasteiger partial charge on any atom is 0.248 e. The average molecular weight is 361 g/mol. The molecule has 0 aliphatic carbocycles. The quantitative estimate of drug-likeness (QED) is 0.588. The molecule has 0 aliphatic heterocycles. The zero-order valence-corrected chi connectivity index (χ0v) is 15.1. The molecular weight excluding hydrogens is 340 g/mol. The van der Waals surface area contributed by atoms with Crippen LogP contribution in [0.1, 0.15) is 11.1 Å². The van der Waals surface area contributed by atoms with Gasteiger partial charge < -0.3 is 0 Å². The van der Waals surface area contributed by atoms with Crippen molar-refractivity contribution in [3.63, 3.8) is 0 Å². The molecule has 0 aliphatic rings. The third-order valence-electron chi connectivity index (χ3n) is 3.08. The number of carbonyl (C=O) groups is 2. The molecule has 0 fully saturated rings. The molecule has 0 radical (unpaired) electrons. The highest BCUT2D eigenvalue weighted by molar-refractivity contribution is 8.00. The Labute approximate surface area is 150 Å². The number of amides is 2. The van der Waals surface area contributed by atoms with Gasteiger partial charge in [0.05, 0.1) is 11.5 Å². The lowest BCUT2D eigenvalue weighted by Gasteiger charge is -2.07. The summed E-state index contributed by atoms with van der Waals surface area (Å²) in [6.45, 7) is 2.02. The Kier molecular flexibility index (Phi) is 7.71. The van der Waals surface area contributed by atoms with E-state index in [1.165, 1.54) is 34.7 Å². The van der Waals surface area contributed by atoms with Crippen LogP contribution in [0.2, 0.25) is 0 Å². The fourth-order valence-electron chi connectivity index (χ4n) is 1.83. The van der Waals surface area contributed by atoms with Crippen LogP contribution in [0.5, 0.6) is 0 Å². The Balaban J connectivity index is 1.59. The van der Waals surface area contributed by atoms with E-state index in [0.29, 0.717) is 5.75 Å². The lowest BCUT2D eigenvalue weighted by molar-refractivity contribution is -0.126. The zero-order valence-electron chi connectivity index (χ0n) is 13.5. The second-order valence-electron chi connectivity index (χ2n) is 5.18. The van der Waals surface area contributed by atoms with Gasteiger partial charge in [0.1, 0.15) is 0 Å². The predicted molar refractivity (Wildman–Crippen MR) is 101 cm³/mol. The number of nitrogens with one attached hydrogen (secondary N) is 2. The van der Waals surface area contributed by atoms with Crippen molar-refractivity contribution in [2.45, 2.75) is 17.6 Å². The van der Waals surface area contributed by atoms with Crippen LogP contribution in [0, 0.1) is 6.92 Å². The highest BCUT2D eigenvalue weighted by Gasteiger charge is 2.06. The molecule has 24 heavy (non-hydrogen) atoms. The summed E-state index contributed by atoms with van der Waals surface area (Å²) >= 11 is 2.94. The fraction of sp³-hybridized carbons (Fsp3) is 0.222. The number of rotatable bonds is 7. The van der Waals surface area contributed by atoms with E-state index in [1.54, 1.807) is 0 Å². The number of hydrogen-bond donors (Lipinski definition) is 2. The van der Waals surface area contributed by atoms with Crippen molar-refractivity contribution in [2.24, 2.45) is 0 Å². The van der Waals surface area contributed by atoms with Crippen LogP contribution >= 0.6 is 23.5 Å². The predicted octanol–water partition coefficient (Wildman–Crippen LogP) is 3.17. The van der Waals surface area contributed by atoms with Gasteiger partial charge in [-0.1, -0.05) is 48.0 Å². The smallest absolute Gasteiger partial charge is 0.248 e. The molecule has 6 heteroatoms. The molecule has 0 bridgehead atoms. The minimum absolute atomic E-state index is 0.204. The number of carbonyl (C=O) groups excluding carboxylic acids is 2. The second kappa shape index (κ2) is 10.1. The maximum absolute atomic E-state index is 11.7. The molecule has 2 aromatic rings. The van der Waals surface area contributed by atoms with Gasteiger partial charge in [0.15, 0.2) is 0 Å². The Hall–Kier alpha value is -1.92. The van der Waals surface area contributed by atoms with Crippen LogP contribution in [0.15, 0.2) is 59.5 Å². The van der Waals surface area contributed by atoms with E-state index in [2.05, 4.69) is 10.9 Å². The summed E-state index contributed by atoms with van der Waals surface area (Å²) in [4.78, 5) is 24.5. The first-order valence-electron chi connectivity index (χ1n) is 7.52. The van der Waals surface area contributed by atoms with Crippen LogP contribution in [-0.4, -0.2) is 23.3 Å². The van der Waals surface area contributed by atoms with E-state index >= 15 is 0 Å². The number of hydrogen-bond acceptors (Lipinski definition) is 4. The highest BCUT2D eigenvalue weighted by atomic mass is 32.2. The topological polar surface area (TPSA) is 58.2 Å². The van der Waals surface area contributed by atoms with E-state index in [1.807, 2.05) is 61.5 Å². The lowest BCUT2D eigenvalue weighted by Crippen LogP contribution is -2.43. The van der Waals surface area contributed by atoms with Crippen molar-refractivity contribution in [3.05, 3.63) is 65.7 Å². The summed E-state index contributed by atoms with van der Waals surface area (Å²) in [6.07, 6.45) is 0. The van der Waals surface area contributed by atoms with Crippen molar-refractivity contribution in [2.75, 3.05) is 11.5 Å². The third-order valence-corrected chi connectivity index (χ3v) is 5.09. The molecule has 2 rings (SSSR count). The van der Waals surface area contributed by atoms with Crippen molar-refractivity contribution >= 4 is 35.3 Å². The molecule has 0 saturated heterocycles. The zero-order chi connectivity index (χ0) is 17.2. The summed E-state index contributed by atoms with van der Waals surface area (Å²) in [6, 6.07) is 17.9. The van der Waals surface area contributed by atoms with E-state index in [9.17, 15) is 9.59 Å². The van der Waals surface area contributed by atoms with Gasteiger partial charge in [-0.15, -0.1) is 23.5 Å². The Morgan fingerprint density at radius 2 is 1.50 bits per heavy atom. The van der Waals surface area contributed by atoms with Crippen molar-refractivity contribution in [1.29, 1.82) is 0 Å². The maximum atomic E-state index is 11.7. The molecule has 2 amide bonds. The lowest BCUT2D eigenvalue weighted by atomic mass is 10.2. The molecule has 0 heterocycles. The molecule has 126 valence electrons. The van der Waals surface area contributed by atoms with Gasteiger partial charge in [-0.2, -0.15) is 0 Å². The summed E-state index contributed by atoms with van der Waals surface area (Å²) in [5.74, 6) is 0.915. The van der Waals surface area contributed by atoms with Gasteiger partial charge in [-0.25, -0.2) is 0 Å². The van der Waals surface area contributed by atoms with E-state index in [4.69, 9.17) is 0 Å². The molecular formula is C18H20N2O2S2. The van der Waals surface area contributed by atoms with Gasteiger partial charge in [0, 0.05) is 10.6 Å². The van der Waals surface area contributed by atoms with E-state index < -0.39 is 0 Å². The number of thioether (sulfide) groups is 2. The minimum atomic E-state index is -0.220. The highest BCUT2D eigenvalue weighted by Crippen LogP contribution is 2.17. The molecule has 4 nitrogen and oxygen atoms in total. The first-order chi connectivity index (χ1) is 11.6. The van der Waals surface area contributed by atoms with Gasteiger partial charge in [0.25, 0.3) is 0 Å². The molecule has 0 saturated carbocycles. The van der Waals surface area contributed by atoms with Gasteiger partial charge >= 0.3 is 0 Å². The number of aryl methyl sites for hydroxylation is 1. The second-order valence-corrected chi connectivity index (χ2v) is 7.21. The number of benzene rings is 2. The largest absolute Gasteiger partial charge is 0.272 e. The Bertz CT molecular complexity index is 660. The molecule has 2 aromatic carbocycles. The fourth-order valence-corrected chi connectivity index (χ4v) is 3.32. The third kappa shape index (κ3) is 7.10. The number of hydrazine groups is 1. The van der Waals surface area contributed by atoms with Gasteiger partial charge in [-0.3, -0.25) is 20.4 Å². The standard InChI is InChI=1S/C18H20N2O2S2/c1-14-7-9-16(10-8-14)24-13-18(22)20-19-17(21)12-23-11-15-5-3-2-4-6-15/h2-10H,11-13H2,1H3,(H,19,21)(H,20,22). The van der Waals surface area contributed by atoms with Crippen LogP contribution in [0.4, 0.5) is 0 Å². The molecule has 0 spiro atoms. The SMILES string of the molecule is Cc1ccc(SCC(=O)NNC(=O)CSCc2ccccc2)cc1. The van der Waals surface area contributed by atoms with E-state index in [-0.39, 0.29) is 17.6 Å². The van der Waals surface area contributed by atoms with Crippen molar-refractivity contribution in [3.8, 4) is 0 Å². The monoisotopic (exact) mass is 360 g/mol. The molecule has 0 atom stereocenters. The Morgan fingerprint density at radius 3 is 2.17 bits per heavy atom. The summed E-state index contributed by atoms with van der Waals surface area (Å²) < 4.78 is 0. The minimum Gasteiger partial charge on any atom is -0.272 e. The van der Waals surface area contributed by atoms with Crippen molar-refractivity contribution in [1.82, 2.24) is 10.9 Å². The first-order valence-corrected chi connectivity index (χ1v) is 9.66. The van der Waals surface area contributed by atoms with Gasteiger partial charge in [0.2, 0.25) is 11.8 Å². The van der Waals surface area contributed by atoms with E-state index in [0.717, 1.165) is 10.6 Å². The van der Waals surface area contributed by atoms with Crippen molar-refractivity contribution < 1.29 is 9.59 Å². The molecule has 2 N–H and O–H groups in total. The summed E-state index contributed by atoms with van der Waals surface area (Å²) in [5.41, 5.74) is 7.24. The average Bonchev–Trinajstić information content (AvgIpc) is 2.60. The van der Waals surface area contributed by atoms with Gasteiger partial charge in [-0.05, 0) is 24.6 Å². The summed E-state index contributed by atoms with van der Waals surface area (Å²) in [7, 11) is 0. The van der Waals surface area contributed by atoms with Crippen LogP contribution < -0.4 is 10.9 Å². The van der Waals surface area contributed by atoms with Crippen LogP contribution in [-0.2, 0) is 15.3 Å². The van der Waals surface area contributed by atoms with Crippen LogP contribution in [0.25, 0.3) is 0 Å². The normalized spacial score (nSPS) is 10.2.